The average molecular weight is 776 g/mol. The van der Waals surface area contributed by atoms with Gasteiger partial charge in [-0.2, -0.15) is 22.0 Å². The lowest BCUT2D eigenvalue weighted by atomic mass is 9.81. The van der Waals surface area contributed by atoms with Crippen LogP contribution in [0.25, 0.3) is 22.2 Å². The number of fused-ring (bicyclic) bond motifs is 1. The number of benzene rings is 3. The fourth-order valence-electron chi connectivity index (χ4n) is 6.99. The van der Waals surface area contributed by atoms with Crippen molar-refractivity contribution in [2.24, 2.45) is 17.6 Å². The monoisotopic (exact) mass is 775 g/mol. The number of amides is 3. The van der Waals surface area contributed by atoms with Gasteiger partial charge in [0.25, 0.3) is 5.91 Å². The van der Waals surface area contributed by atoms with Gasteiger partial charge in [0.05, 0.1) is 11.0 Å². The largest absolute Gasteiger partial charge is 0.461 e. The number of halogens is 6. The summed E-state index contributed by atoms with van der Waals surface area (Å²) in [6, 6.07) is 15.8. The molecule has 3 amide bonds. The number of rotatable bonds is 11. The summed E-state index contributed by atoms with van der Waals surface area (Å²) in [5.74, 6) is -7.72. The topological polar surface area (TPSA) is 154 Å². The van der Waals surface area contributed by atoms with Gasteiger partial charge in [-0.05, 0) is 111 Å². The van der Waals surface area contributed by atoms with E-state index in [0.717, 1.165) is 54.6 Å². The molecule has 6 rings (SSSR count). The first-order valence-corrected chi connectivity index (χ1v) is 17.7. The number of hydrogen-bond donors (Lipinski definition) is 6. The summed E-state index contributed by atoms with van der Waals surface area (Å²) in [5, 5.41) is 11.8. The van der Waals surface area contributed by atoms with E-state index in [1.807, 2.05) is 48.3 Å². The van der Waals surface area contributed by atoms with Crippen molar-refractivity contribution in [3.8, 4) is 11.1 Å². The van der Waals surface area contributed by atoms with E-state index in [2.05, 4.69) is 26.3 Å². The van der Waals surface area contributed by atoms with E-state index in [1.54, 1.807) is 6.07 Å². The van der Waals surface area contributed by atoms with Crippen LogP contribution in [0.3, 0.4) is 0 Å². The molecule has 10 nitrogen and oxygen atoms in total. The van der Waals surface area contributed by atoms with Crippen molar-refractivity contribution in [2.75, 3.05) is 25.0 Å². The normalized spacial score (nSPS) is 19.5. The molecule has 2 aliphatic rings. The lowest BCUT2D eigenvalue weighted by Gasteiger charge is -2.28. The fourth-order valence-corrected chi connectivity index (χ4v) is 6.99. The van der Waals surface area contributed by atoms with Crippen molar-refractivity contribution in [3.63, 3.8) is 0 Å². The highest BCUT2D eigenvalue weighted by molar-refractivity contribution is 5.99. The first-order valence-electron chi connectivity index (χ1n) is 17.7. The Morgan fingerprint density at radius 3 is 2.30 bits per heavy atom. The minimum atomic E-state index is -5.85. The van der Waals surface area contributed by atoms with Gasteiger partial charge in [-0.15, -0.1) is 12.4 Å². The third-order valence-electron chi connectivity index (χ3n) is 10.2. The molecule has 1 aliphatic carbocycles. The SMILES string of the molecule is Cc1cc(C(=O)N[C@@H]2CCNC2)ccc1-c1ccc(C[C@H](NC(=O)C2CCC(CN)CC2)C(=O)Nc2ccc3[nH]c(C(F)(F)C(F)(F)F)nc3c2)cc1.Cl. The average Bonchev–Trinajstić information content (AvgIpc) is 3.81. The quantitative estimate of drug-likeness (QED) is 0.101. The number of H-pyrrole nitrogens is 1. The Hall–Kier alpha value is -4.60. The Morgan fingerprint density at radius 1 is 0.944 bits per heavy atom. The Balaban J connectivity index is 0.00000561. The van der Waals surface area contributed by atoms with Crippen molar-refractivity contribution in [2.45, 2.75) is 69.6 Å². The van der Waals surface area contributed by atoms with Crippen LogP contribution in [0.1, 0.15) is 59.4 Å². The molecule has 290 valence electrons. The van der Waals surface area contributed by atoms with Crippen LogP contribution in [0, 0.1) is 18.8 Å². The van der Waals surface area contributed by atoms with E-state index < -0.39 is 29.9 Å². The first-order chi connectivity index (χ1) is 25.2. The van der Waals surface area contributed by atoms with Crippen LogP contribution in [0.15, 0.2) is 60.7 Å². The van der Waals surface area contributed by atoms with Crippen molar-refractivity contribution in [3.05, 3.63) is 83.2 Å². The molecule has 0 unspecified atom stereocenters. The molecule has 0 spiro atoms. The number of aryl methyl sites for hydroxylation is 1. The Kier molecular flexibility index (Phi) is 12.6. The van der Waals surface area contributed by atoms with Crippen LogP contribution in [-0.2, 0) is 21.9 Å². The fraction of sp³-hybridized carbons (Fsp3) is 0.421. The van der Waals surface area contributed by atoms with Crippen LogP contribution in [0.4, 0.5) is 27.6 Å². The van der Waals surface area contributed by atoms with Gasteiger partial charge in [-0.3, -0.25) is 14.4 Å². The Morgan fingerprint density at radius 2 is 1.67 bits per heavy atom. The van der Waals surface area contributed by atoms with Gasteiger partial charge in [0.15, 0.2) is 5.82 Å². The van der Waals surface area contributed by atoms with Crippen LogP contribution in [-0.4, -0.2) is 65.6 Å². The summed E-state index contributed by atoms with van der Waals surface area (Å²) in [5.41, 5.74) is 9.67. The molecular weight excluding hydrogens is 733 g/mol. The predicted molar refractivity (Wildman–Crippen MR) is 197 cm³/mol. The van der Waals surface area contributed by atoms with E-state index in [0.29, 0.717) is 30.9 Å². The van der Waals surface area contributed by atoms with Crippen molar-refractivity contribution < 1.29 is 36.3 Å². The number of hydrogen-bond acceptors (Lipinski definition) is 6. The molecular formula is C38H43ClF5N7O3. The van der Waals surface area contributed by atoms with E-state index in [9.17, 15) is 36.3 Å². The maximum atomic E-state index is 13.9. The highest BCUT2D eigenvalue weighted by atomic mass is 35.5. The van der Waals surface area contributed by atoms with Crippen LogP contribution in [0.2, 0.25) is 0 Å². The number of nitrogens with one attached hydrogen (secondary N) is 5. The number of nitrogens with zero attached hydrogens (tertiary/aromatic N) is 1. The number of nitrogens with two attached hydrogens (primary N) is 1. The van der Waals surface area contributed by atoms with Gasteiger partial charge in [0.2, 0.25) is 11.8 Å². The van der Waals surface area contributed by atoms with Gasteiger partial charge in [-0.1, -0.05) is 30.3 Å². The smallest absolute Gasteiger partial charge is 0.348 e. The molecule has 0 bridgehead atoms. The minimum absolute atomic E-state index is 0. The number of anilines is 1. The van der Waals surface area contributed by atoms with Gasteiger partial charge in [0, 0.05) is 36.2 Å². The van der Waals surface area contributed by atoms with E-state index in [-0.39, 0.29) is 59.3 Å². The van der Waals surface area contributed by atoms with Crippen LogP contribution < -0.4 is 27.0 Å². The summed E-state index contributed by atoms with van der Waals surface area (Å²) in [7, 11) is 0. The molecule has 7 N–H and O–H groups in total. The third-order valence-corrected chi connectivity index (χ3v) is 10.2. The zero-order valence-electron chi connectivity index (χ0n) is 29.5. The standard InChI is InChI=1S/C38H42F5N7O3.ClH/c1-21-16-26(34(52)47-28-14-15-45-20-28)10-12-29(21)24-6-2-22(3-7-24)17-32(48-33(51)25-8-4-23(19-44)5-9-25)35(53)46-27-11-13-30-31(18-27)50-36(49-30)37(39,40)38(41,42)43;/h2-3,6-7,10-13,16,18,23,25,28,32,45H,4-5,8-9,14-15,17,19-20,44H2,1H3,(H,46,53)(H,47,52)(H,48,51)(H,49,50);1H/t23?,25?,28-,32+;/m1./s1. The van der Waals surface area contributed by atoms with Gasteiger partial charge < -0.3 is 32.0 Å². The summed E-state index contributed by atoms with van der Waals surface area (Å²) < 4.78 is 66.7. The number of carbonyl (C=O) groups excluding carboxylic acids is 3. The predicted octanol–water partition coefficient (Wildman–Crippen LogP) is 6.14. The van der Waals surface area contributed by atoms with E-state index in [4.69, 9.17) is 5.73 Å². The molecule has 1 aliphatic heterocycles. The van der Waals surface area contributed by atoms with Gasteiger partial charge >= 0.3 is 12.1 Å². The zero-order chi connectivity index (χ0) is 37.9. The van der Waals surface area contributed by atoms with Crippen molar-refractivity contribution in [1.82, 2.24) is 25.9 Å². The summed E-state index contributed by atoms with van der Waals surface area (Å²) in [4.78, 5) is 45.4. The zero-order valence-corrected chi connectivity index (χ0v) is 30.3. The maximum absolute atomic E-state index is 13.9. The highest BCUT2D eigenvalue weighted by Gasteiger charge is 2.61. The molecule has 1 aromatic heterocycles. The molecule has 4 aromatic rings. The lowest BCUT2D eigenvalue weighted by molar-refractivity contribution is -0.292. The number of aromatic amines is 1. The Bertz CT molecular complexity index is 1960. The summed E-state index contributed by atoms with van der Waals surface area (Å²) >= 11 is 0. The molecule has 54 heavy (non-hydrogen) atoms. The van der Waals surface area contributed by atoms with Crippen molar-refractivity contribution in [1.29, 1.82) is 0 Å². The second-order valence-corrected chi connectivity index (χ2v) is 14.0. The van der Waals surface area contributed by atoms with Crippen LogP contribution in [0.5, 0.6) is 0 Å². The molecule has 2 heterocycles. The molecule has 1 saturated carbocycles. The molecule has 2 fully saturated rings. The maximum Gasteiger partial charge on any atom is 0.461 e. The molecule has 2 atom stereocenters. The van der Waals surface area contributed by atoms with Crippen molar-refractivity contribution >= 4 is 46.8 Å². The third kappa shape index (κ3) is 9.19. The molecule has 1 saturated heterocycles. The number of alkyl halides is 5. The second-order valence-electron chi connectivity index (χ2n) is 14.0. The van der Waals surface area contributed by atoms with E-state index in [1.165, 1.54) is 18.2 Å². The number of aromatic nitrogens is 2. The summed E-state index contributed by atoms with van der Waals surface area (Å²) in [6.07, 6.45) is -1.99. The van der Waals surface area contributed by atoms with Gasteiger partial charge in [0.1, 0.15) is 6.04 Å². The molecule has 0 radical (unpaired) electrons. The Labute approximate surface area is 315 Å². The highest BCUT2D eigenvalue weighted by Crippen LogP contribution is 2.43. The number of imidazole rings is 1. The van der Waals surface area contributed by atoms with Gasteiger partial charge in [-0.25, -0.2) is 4.98 Å². The summed E-state index contributed by atoms with van der Waals surface area (Å²) in [6.45, 7) is 4.09. The molecule has 3 aromatic carbocycles. The van der Waals surface area contributed by atoms with Crippen LogP contribution >= 0.6 is 12.4 Å². The van der Waals surface area contributed by atoms with E-state index >= 15 is 0 Å². The number of carbonyl (C=O) groups is 3. The first kappa shape index (κ1) is 40.6. The lowest BCUT2D eigenvalue weighted by Crippen LogP contribution is -2.48. The second kappa shape index (κ2) is 16.8. The molecule has 16 heteroatoms. The minimum Gasteiger partial charge on any atom is -0.348 e.